The van der Waals surface area contributed by atoms with Gasteiger partial charge in [0, 0.05) is 18.3 Å². The number of nitrogens with one attached hydrogen (secondary N) is 1. The first-order chi connectivity index (χ1) is 8.18. The van der Waals surface area contributed by atoms with Gasteiger partial charge >= 0.3 is 5.91 Å². The summed E-state index contributed by atoms with van der Waals surface area (Å²) in [5.74, 6) is -0.773. The Balaban J connectivity index is 2.24. The van der Waals surface area contributed by atoms with E-state index in [4.69, 9.17) is 0 Å². The van der Waals surface area contributed by atoms with Crippen molar-refractivity contribution in [3.63, 3.8) is 0 Å². The van der Waals surface area contributed by atoms with Crippen molar-refractivity contribution >= 4 is 11.7 Å². The highest BCUT2D eigenvalue weighted by Gasteiger charge is 2.16. The average Bonchev–Trinajstić information content (AvgIpc) is 2.32. The molecule has 0 saturated heterocycles. The van der Waals surface area contributed by atoms with E-state index in [2.05, 4.69) is 10.3 Å². The molecule has 86 valence electrons. The fourth-order valence-electron chi connectivity index (χ4n) is 1.27. The molecular formula is C11H9N3O3. The summed E-state index contributed by atoms with van der Waals surface area (Å²) in [5, 5.41) is 23.1. The Morgan fingerprint density at radius 2 is 2.18 bits per heavy atom. The van der Waals surface area contributed by atoms with Crippen LogP contribution in [0, 0.1) is 5.21 Å². The molecule has 0 saturated carbocycles. The van der Waals surface area contributed by atoms with Crippen LogP contribution in [0.4, 0.5) is 5.82 Å². The molecule has 2 aromatic heterocycles. The van der Waals surface area contributed by atoms with Crippen LogP contribution in [0.25, 0.3) is 0 Å². The van der Waals surface area contributed by atoms with Gasteiger partial charge in [0.05, 0.1) is 0 Å². The van der Waals surface area contributed by atoms with Crippen LogP contribution in [0.2, 0.25) is 0 Å². The molecule has 0 atom stereocenters. The highest BCUT2D eigenvalue weighted by molar-refractivity contribution is 6.01. The van der Waals surface area contributed by atoms with Gasteiger partial charge in [-0.25, -0.2) is 4.98 Å². The van der Waals surface area contributed by atoms with Gasteiger partial charge in [-0.15, -0.1) is 0 Å². The largest absolute Gasteiger partial charge is 0.618 e. The predicted molar refractivity (Wildman–Crippen MR) is 59.3 cm³/mol. The van der Waals surface area contributed by atoms with Crippen molar-refractivity contribution < 1.29 is 14.6 Å². The van der Waals surface area contributed by atoms with E-state index >= 15 is 0 Å². The van der Waals surface area contributed by atoms with Crippen molar-refractivity contribution in [3.05, 3.63) is 53.6 Å². The maximum Gasteiger partial charge on any atom is 0.323 e. The average molecular weight is 231 g/mol. The van der Waals surface area contributed by atoms with E-state index in [1.54, 1.807) is 6.07 Å². The van der Waals surface area contributed by atoms with Gasteiger partial charge in [0.25, 0.3) is 5.69 Å². The Morgan fingerprint density at radius 3 is 2.88 bits per heavy atom. The third-order valence-electron chi connectivity index (χ3n) is 2.08. The summed E-state index contributed by atoms with van der Waals surface area (Å²) in [5.41, 5.74) is -0.0717. The van der Waals surface area contributed by atoms with Crippen LogP contribution in [-0.4, -0.2) is 16.0 Å². The molecule has 2 N–H and O–H groups in total. The van der Waals surface area contributed by atoms with Crippen molar-refractivity contribution in [3.8, 4) is 5.75 Å². The lowest BCUT2D eigenvalue weighted by Gasteiger charge is -2.05. The minimum atomic E-state index is -0.630. The molecular weight excluding hydrogens is 222 g/mol. The second kappa shape index (κ2) is 4.48. The molecule has 6 heteroatoms. The smallest absolute Gasteiger partial charge is 0.323 e. The third-order valence-corrected chi connectivity index (χ3v) is 2.08. The fourth-order valence-corrected chi connectivity index (χ4v) is 1.27. The summed E-state index contributed by atoms with van der Waals surface area (Å²) in [6.07, 6.45) is 2.64. The topological polar surface area (TPSA) is 89.2 Å². The zero-order valence-corrected chi connectivity index (χ0v) is 8.70. The minimum Gasteiger partial charge on any atom is -0.618 e. The van der Waals surface area contributed by atoms with E-state index in [1.165, 1.54) is 36.7 Å². The first-order valence-electron chi connectivity index (χ1n) is 4.82. The van der Waals surface area contributed by atoms with Gasteiger partial charge in [-0.3, -0.25) is 10.1 Å². The lowest BCUT2D eigenvalue weighted by atomic mass is 10.3. The molecule has 0 radical (unpaired) electrons. The molecule has 0 aliphatic heterocycles. The predicted octanol–water partition coefficient (Wildman–Crippen LogP) is 0.673. The van der Waals surface area contributed by atoms with Crippen molar-refractivity contribution in [1.29, 1.82) is 0 Å². The number of hydrogen-bond donors (Lipinski definition) is 2. The molecule has 2 rings (SSSR count). The molecule has 2 heterocycles. The molecule has 0 aromatic carbocycles. The van der Waals surface area contributed by atoms with Gasteiger partial charge < -0.3 is 10.3 Å². The van der Waals surface area contributed by atoms with Crippen LogP contribution >= 0.6 is 0 Å². The maximum atomic E-state index is 11.7. The molecule has 0 bridgehead atoms. The van der Waals surface area contributed by atoms with Crippen LogP contribution in [-0.2, 0) is 0 Å². The minimum absolute atomic E-state index is 0.0151. The SMILES string of the molecule is O=C(Nc1ncccc1O)c1cccc[n+]1[O-]. The first kappa shape index (κ1) is 10.9. The van der Waals surface area contributed by atoms with Crippen LogP contribution in [0.1, 0.15) is 10.5 Å². The molecule has 2 aromatic rings. The Labute approximate surface area is 96.8 Å². The van der Waals surface area contributed by atoms with Crippen LogP contribution < -0.4 is 10.0 Å². The molecule has 17 heavy (non-hydrogen) atoms. The van der Waals surface area contributed by atoms with E-state index in [0.717, 1.165) is 0 Å². The van der Waals surface area contributed by atoms with Crippen molar-refractivity contribution in [2.24, 2.45) is 0 Å². The fraction of sp³-hybridized carbons (Fsp3) is 0. The molecule has 1 amide bonds. The lowest BCUT2D eigenvalue weighted by molar-refractivity contribution is -0.607. The van der Waals surface area contributed by atoms with Gasteiger partial charge in [0.1, 0.15) is 0 Å². The number of carbonyl (C=O) groups excluding carboxylic acids is 1. The number of carbonyl (C=O) groups is 1. The summed E-state index contributed by atoms with van der Waals surface area (Å²) < 4.78 is 0.440. The molecule has 0 aliphatic rings. The van der Waals surface area contributed by atoms with E-state index in [0.29, 0.717) is 4.73 Å². The first-order valence-corrected chi connectivity index (χ1v) is 4.82. The number of rotatable bonds is 2. The number of amides is 1. The second-order valence-corrected chi connectivity index (χ2v) is 3.24. The van der Waals surface area contributed by atoms with Crippen LogP contribution in [0.5, 0.6) is 5.75 Å². The van der Waals surface area contributed by atoms with Crippen molar-refractivity contribution in [2.75, 3.05) is 5.32 Å². The van der Waals surface area contributed by atoms with Crippen molar-refractivity contribution in [2.45, 2.75) is 0 Å². The van der Waals surface area contributed by atoms with Gasteiger partial charge in [-0.2, -0.15) is 4.73 Å². The summed E-state index contributed by atoms with van der Waals surface area (Å²) >= 11 is 0. The Kier molecular flexibility index (Phi) is 2.87. The number of anilines is 1. The summed E-state index contributed by atoms with van der Waals surface area (Å²) in [6, 6.07) is 7.38. The summed E-state index contributed by atoms with van der Waals surface area (Å²) in [6.45, 7) is 0. The number of nitrogens with zero attached hydrogens (tertiary/aromatic N) is 2. The van der Waals surface area contributed by atoms with E-state index in [1.807, 2.05) is 0 Å². The number of hydrogen-bond acceptors (Lipinski definition) is 4. The summed E-state index contributed by atoms with van der Waals surface area (Å²) in [7, 11) is 0. The lowest BCUT2D eigenvalue weighted by Crippen LogP contribution is -2.36. The molecule has 0 unspecified atom stereocenters. The van der Waals surface area contributed by atoms with Crippen LogP contribution in [0.15, 0.2) is 42.7 Å². The Bertz CT molecular complexity index is 557. The van der Waals surface area contributed by atoms with Gasteiger partial charge in [-0.05, 0) is 18.2 Å². The quantitative estimate of drug-likeness (QED) is 0.587. The van der Waals surface area contributed by atoms with Gasteiger partial charge in [0.2, 0.25) is 0 Å². The van der Waals surface area contributed by atoms with Crippen molar-refractivity contribution in [1.82, 2.24) is 4.98 Å². The normalized spacial score (nSPS) is 9.88. The Hall–Kier alpha value is -2.63. The van der Waals surface area contributed by atoms with Gasteiger partial charge in [-0.1, -0.05) is 0 Å². The third kappa shape index (κ3) is 2.31. The molecule has 0 spiro atoms. The van der Waals surface area contributed by atoms with Gasteiger partial charge in [0.15, 0.2) is 17.8 Å². The summed E-state index contributed by atoms with van der Waals surface area (Å²) in [4.78, 5) is 15.5. The second-order valence-electron chi connectivity index (χ2n) is 3.24. The zero-order chi connectivity index (χ0) is 12.3. The Morgan fingerprint density at radius 1 is 1.35 bits per heavy atom. The highest BCUT2D eigenvalue weighted by atomic mass is 16.5. The van der Waals surface area contributed by atoms with E-state index in [-0.39, 0.29) is 17.3 Å². The molecule has 0 fully saturated rings. The van der Waals surface area contributed by atoms with E-state index < -0.39 is 5.91 Å². The zero-order valence-electron chi connectivity index (χ0n) is 8.70. The van der Waals surface area contributed by atoms with Crippen LogP contribution in [0.3, 0.4) is 0 Å². The van der Waals surface area contributed by atoms with E-state index in [9.17, 15) is 15.1 Å². The monoisotopic (exact) mass is 231 g/mol. The molecule has 6 nitrogen and oxygen atoms in total. The number of pyridine rings is 2. The highest BCUT2D eigenvalue weighted by Crippen LogP contribution is 2.18. The number of aromatic hydroxyl groups is 1. The molecule has 0 aliphatic carbocycles. The number of aromatic nitrogens is 2. The maximum absolute atomic E-state index is 11.7. The standard InChI is InChI=1S/C11H9N3O3/c15-9-5-3-6-12-10(9)13-11(16)8-4-1-2-7-14(8)17/h1-7,15H,(H,12,13,16).